The van der Waals surface area contributed by atoms with Gasteiger partial charge in [0.05, 0.1) is 6.61 Å². The number of rotatable bonds is 4. The Balaban J connectivity index is 2.33. The molecule has 0 amide bonds. The van der Waals surface area contributed by atoms with Gasteiger partial charge in [-0.25, -0.2) is 0 Å². The van der Waals surface area contributed by atoms with Crippen LogP contribution < -0.4 is 4.74 Å². The fourth-order valence-electron chi connectivity index (χ4n) is 1.87. The van der Waals surface area contributed by atoms with Gasteiger partial charge in [-0.2, -0.15) is 0 Å². The van der Waals surface area contributed by atoms with Crippen LogP contribution >= 0.6 is 11.6 Å². The third-order valence-corrected chi connectivity index (χ3v) is 3.16. The fraction of sp³-hybridized carbons (Fsp3) is 0.188. The topological polar surface area (TPSA) is 26.3 Å². The molecular formula is C16H15ClO2. The van der Waals surface area contributed by atoms with Gasteiger partial charge in [-0.05, 0) is 37.6 Å². The van der Waals surface area contributed by atoms with E-state index in [4.69, 9.17) is 16.3 Å². The molecule has 0 spiro atoms. The number of carbonyl (C=O) groups is 1. The molecule has 0 unspecified atom stereocenters. The van der Waals surface area contributed by atoms with Crippen molar-refractivity contribution >= 4 is 17.4 Å². The van der Waals surface area contributed by atoms with Crippen LogP contribution in [0.3, 0.4) is 0 Å². The molecule has 2 aromatic carbocycles. The van der Waals surface area contributed by atoms with Crippen molar-refractivity contribution in [3.63, 3.8) is 0 Å². The summed E-state index contributed by atoms with van der Waals surface area (Å²) < 4.78 is 5.40. The smallest absolute Gasteiger partial charge is 0.159 e. The number of halogens is 1. The molecule has 0 bridgehead atoms. The first-order valence-electron chi connectivity index (χ1n) is 6.15. The Labute approximate surface area is 118 Å². The van der Waals surface area contributed by atoms with E-state index in [1.165, 1.54) is 6.92 Å². The Hall–Kier alpha value is -1.80. The Morgan fingerprint density at radius 2 is 1.84 bits per heavy atom. The highest BCUT2D eigenvalue weighted by Gasteiger charge is 2.07. The van der Waals surface area contributed by atoms with Crippen LogP contribution in [0.2, 0.25) is 5.02 Å². The van der Waals surface area contributed by atoms with E-state index in [0.717, 1.165) is 16.9 Å². The molecule has 0 N–H and O–H groups in total. The van der Waals surface area contributed by atoms with Crippen molar-refractivity contribution in [3.8, 4) is 16.9 Å². The SMILES string of the molecule is CCOc1ccc(-c2ccc(C(C)=O)cc2Cl)cc1. The minimum Gasteiger partial charge on any atom is -0.494 e. The molecule has 0 heterocycles. The van der Waals surface area contributed by atoms with E-state index < -0.39 is 0 Å². The van der Waals surface area contributed by atoms with Gasteiger partial charge in [0.15, 0.2) is 5.78 Å². The van der Waals surface area contributed by atoms with Gasteiger partial charge < -0.3 is 4.74 Å². The number of hydrogen-bond donors (Lipinski definition) is 0. The number of hydrogen-bond acceptors (Lipinski definition) is 2. The number of ether oxygens (including phenoxy) is 1. The molecule has 0 aliphatic carbocycles. The number of carbonyl (C=O) groups excluding carboxylic acids is 1. The standard InChI is InChI=1S/C16H15ClO2/c1-3-19-14-7-4-12(5-8-14)15-9-6-13(11(2)18)10-16(15)17/h4-10H,3H2,1-2H3. The van der Waals surface area contributed by atoms with Crippen molar-refractivity contribution in [3.05, 3.63) is 53.1 Å². The van der Waals surface area contributed by atoms with Crippen molar-refractivity contribution in [2.45, 2.75) is 13.8 Å². The largest absolute Gasteiger partial charge is 0.494 e. The van der Waals surface area contributed by atoms with Crippen LogP contribution in [0.25, 0.3) is 11.1 Å². The molecule has 0 aliphatic heterocycles. The van der Waals surface area contributed by atoms with Gasteiger partial charge in [0.25, 0.3) is 0 Å². The summed E-state index contributed by atoms with van der Waals surface area (Å²) in [5.74, 6) is 0.850. The third-order valence-electron chi connectivity index (χ3n) is 2.85. The average Bonchev–Trinajstić information content (AvgIpc) is 2.40. The van der Waals surface area contributed by atoms with Gasteiger partial charge in [-0.3, -0.25) is 4.79 Å². The van der Waals surface area contributed by atoms with Gasteiger partial charge in [-0.1, -0.05) is 35.9 Å². The van der Waals surface area contributed by atoms with E-state index >= 15 is 0 Å². The second kappa shape index (κ2) is 5.89. The van der Waals surface area contributed by atoms with Crippen LogP contribution in [0.4, 0.5) is 0 Å². The predicted octanol–water partition coefficient (Wildman–Crippen LogP) is 4.61. The molecule has 2 rings (SSSR count). The summed E-state index contributed by atoms with van der Waals surface area (Å²) in [6, 6.07) is 13.1. The molecular weight excluding hydrogens is 260 g/mol. The zero-order valence-corrected chi connectivity index (χ0v) is 11.7. The Bertz CT molecular complexity index is 588. The maximum atomic E-state index is 11.3. The molecule has 0 saturated heterocycles. The van der Waals surface area contributed by atoms with Crippen molar-refractivity contribution in [2.75, 3.05) is 6.61 Å². The number of benzene rings is 2. The van der Waals surface area contributed by atoms with Gasteiger partial charge in [0, 0.05) is 16.1 Å². The lowest BCUT2D eigenvalue weighted by Gasteiger charge is -2.08. The molecule has 0 aromatic heterocycles. The minimum absolute atomic E-state index is 0.0140. The first kappa shape index (κ1) is 13.6. The Morgan fingerprint density at radius 1 is 1.16 bits per heavy atom. The molecule has 0 atom stereocenters. The maximum Gasteiger partial charge on any atom is 0.159 e. The van der Waals surface area contributed by atoms with Crippen molar-refractivity contribution < 1.29 is 9.53 Å². The number of Topliss-reactive ketones (excluding diaryl/α,β-unsaturated/α-hetero) is 1. The normalized spacial score (nSPS) is 10.3. The summed E-state index contributed by atoms with van der Waals surface area (Å²) in [5.41, 5.74) is 2.54. The first-order valence-corrected chi connectivity index (χ1v) is 6.53. The van der Waals surface area contributed by atoms with E-state index in [2.05, 4.69) is 0 Å². The Morgan fingerprint density at radius 3 is 2.37 bits per heavy atom. The molecule has 2 nitrogen and oxygen atoms in total. The van der Waals surface area contributed by atoms with Crippen LogP contribution in [0.15, 0.2) is 42.5 Å². The van der Waals surface area contributed by atoms with Crippen LogP contribution in [-0.4, -0.2) is 12.4 Å². The first-order chi connectivity index (χ1) is 9.11. The molecule has 0 saturated carbocycles. The van der Waals surface area contributed by atoms with E-state index in [0.29, 0.717) is 17.2 Å². The summed E-state index contributed by atoms with van der Waals surface area (Å²) in [6.07, 6.45) is 0. The summed E-state index contributed by atoms with van der Waals surface area (Å²) >= 11 is 6.23. The molecule has 98 valence electrons. The molecule has 0 radical (unpaired) electrons. The van der Waals surface area contributed by atoms with E-state index in [1.807, 2.05) is 37.3 Å². The molecule has 3 heteroatoms. The predicted molar refractivity (Wildman–Crippen MR) is 78.1 cm³/mol. The van der Waals surface area contributed by atoms with E-state index in [9.17, 15) is 4.79 Å². The number of ketones is 1. The summed E-state index contributed by atoms with van der Waals surface area (Å²) in [4.78, 5) is 11.3. The lowest BCUT2D eigenvalue weighted by atomic mass is 10.0. The Kier molecular flexibility index (Phi) is 4.23. The second-order valence-corrected chi connectivity index (χ2v) is 4.62. The minimum atomic E-state index is 0.0140. The average molecular weight is 275 g/mol. The van der Waals surface area contributed by atoms with Gasteiger partial charge in [0.2, 0.25) is 0 Å². The van der Waals surface area contributed by atoms with Crippen molar-refractivity contribution in [2.24, 2.45) is 0 Å². The quantitative estimate of drug-likeness (QED) is 0.761. The van der Waals surface area contributed by atoms with Crippen LogP contribution in [0, 0.1) is 0 Å². The van der Waals surface area contributed by atoms with Crippen molar-refractivity contribution in [1.82, 2.24) is 0 Å². The van der Waals surface area contributed by atoms with Crippen LogP contribution in [0.5, 0.6) is 5.75 Å². The van der Waals surface area contributed by atoms with Gasteiger partial charge in [0.1, 0.15) is 5.75 Å². The van der Waals surface area contributed by atoms with Gasteiger partial charge >= 0.3 is 0 Å². The molecule has 19 heavy (non-hydrogen) atoms. The maximum absolute atomic E-state index is 11.3. The zero-order chi connectivity index (χ0) is 13.8. The van der Waals surface area contributed by atoms with Crippen molar-refractivity contribution in [1.29, 1.82) is 0 Å². The summed E-state index contributed by atoms with van der Waals surface area (Å²) in [6.45, 7) is 4.13. The lowest BCUT2D eigenvalue weighted by Crippen LogP contribution is -1.93. The summed E-state index contributed by atoms with van der Waals surface area (Å²) in [5, 5.41) is 0.580. The van der Waals surface area contributed by atoms with Crippen LogP contribution in [-0.2, 0) is 0 Å². The second-order valence-electron chi connectivity index (χ2n) is 4.21. The zero-order valence-electron chi connectivity index (χ0n) is 10.9. The molecule has 2 aromatic rings. The fourth-order valence-corrected chi connectivity index (χ4v) is 2.16. The highest BCUT2D eigenvalue weighted by Crippen LogP contribution is 2.30. The molecule has 0 fully saturated rings. The van der Waals surface area contributed by atoms with Gasteiger partial charge in [-0.15, -0.1) is 0 Å². The lowest BCUT2D eigenvalue weighted by molar-refractivity contribution is 0.101. The monoisotopic (exact) mass is 274 g/mol. The highest BCUT2D eigenvalue weighted by molar-refractivity contribution is 6.33. The highest BCUT2D eigenvalue weighted by atomic mass is 35.5. The van der Waals surface area contributed by atoms with E-state index in [-0.39, 0.29) is 5.78 Å². The summed E-state index contributed by atoms with van der Waals surface area (Å²) in [7, 11) is 0. The van der Waals surface area contributed by atoms with Crippen LogP contribution in [0.1, 0.15) is 24.2 Å². The van der Waals surface area contributed by atoms with E-state index in [1.54, 1.807) is 12.1 Å². The third kappa shape index (κ3) is 3.15. The molecule has 0 aliphatic rings.